The summed E-state index contributed by atoms with van der Waals surface area (Å²) in [4.78, 5) is 123. The third kappa shape index (κ3) is 25.8. The van der Waals surface area contributed by atoms with Crippen LogP contribution in [0.3, 0.4) is 0 Å². The minimum Gasteiger partial charge on any atom is -0.480 e. The van der Waals surface area contributed by atoms with Crippen LogP contribution in [-0.2, 0) is 91.7 Å². The highest BCUT2D eigenvalue weighted by Crippen LogP contribution is 2.34. The number of thiocarbonyl (C=S) groups is 1. The summed E-state index contributed by atoms with van der Waals surface area (Å²) in [6, 6.07) is 19.0. The van der Waals surface area contributed by atoms with Gasteiger partial charge >= 0.3 is 23.9 Å². The lowest BCUT2D eigenvalue weighted by Crippen LogP contribution is -2.53. The molecule has 4 aliphatic heterocycles. The van der Waals surface area contributed by atoms with Crippen LogP contribution in [0.4, 0.5) is 14.5 Å². The number of carboxylic acids is 4. The molecule has 0 spiro atoms. The number of nitriles is 1. The Morgan fingerprint density at radius 1 is 0.784 bits per heavy atom. The maximum Gasteiger partial charge on any atom is 0.317 e. The van der Waals surface area contributed by atoms with Gasteiger partial charge in [-0.1, -0.05) is 47.7 Å². The van der Waals surface area contributed by atoms with Crippen molar-refractivity contribution in [2.24, 2.45) is 5.92 Å². The van der Waals surface area contributed by atoms with Crippen molar-refractivity contribution in [1.29, 1.82) is 5.26 Å². The highest BCUT2D eigenvalue weighted by Gasteiger charge is 2.50. The van der Waals surface area contributed by atoms with Crippen LogP contribution >= 0.6 is 34.8 Å². The molecule has 552 valence electrons. The zero-order valence-corrected chi connectivity index (χ0v) is 59.5. The predicted molar refractivity (Wildman–Crippen MR) is 376 cm³/mol. The number of nitrogens with one attached hydrogen (secondary N) is 5. The van der Waals surface area contributed by atoms with Crippen LogP contribution in [0.1, 0.15) is 84.9 Å². The normalized spacial score (nSPS) is 19.3. The van der Waals surface area contributed by atoms with E-state index < -0.39 is 97.8 Å². The van der Waals surface area contributed by atoms with E-state index in [0.717, 1.165) is 42.7 Å². The third-order valence-corrected chi connectivity index (χ3v) is 19.0. The highest BCUT2D eigenvalue weighted by atomic mass is 127. The zero-order valence-electron chi connectivity index (χ0n) is 56.5. The van der Waals surface area contributed by atoms with Crippen LogP contribution in [0.5, 0.6) is 0 Å². The molecule has 0 aliphatic carbocycles. The van der Waals surface area contributed by atoms with E-state index in [9.17, 15) is 77.6 Å². The smallest absolute Gasteiger partial charge is 0.317 e. The first-order valence-corrected chi connectivity index (χ1v) is 35.4. The highest BCUT2D eigenvalue weighted by molar-refractivity contribution is 14.1. The van der Waals surface area contributed by atoms with Gasteiger partial charge in [0.1, 0.15) is 23.8 Å². The Hall–Kier alpha value is -8.44. The van der Waals surface area contributed by atoms with E-state index in [1.165, 1.54) is 0 Å². The molecule has 3 fully saturated rings. The molecule has 3 aromatic carbocycles. The Morgan fingerprint density at radius 2 is 1.45 bits per heavy atom. The molecule has 5 heterocycles. The van der Waals surface area contributed by atoms with Gasteiger partial charge in [0.15, 0.2) is 5.11 Å². The van der Waals surface area contributed by atoms with E-state index in [-0.39, 0.29) is 141 Å². The number of alkyl halides is 2. The molecular formula is C68H88F2IN15O15S. The summed E-state index contributed by atoms with van der Waals surface area (Å²) in [6.45, 7) is 0.767. The van der Waals surface area contributed by atoms with Crippen LogP contribution in [-0.4, -0.2) is 265 Å². The summed E-state index contributed by atoms with van der Waals surface area (Å²) in [5, 5.41) is 72.0. The molecule has 3 saturated heterocycles. The van der Waals surface area contributed by atoms with Crippen LogP contribution in [0.15, 0.2) is 72.9 Å². The number of halogens is 3. The number of fused-ring (bicyclic) bond motifs is 1. The standard InChI is InChI=1S/C68H88F2IN15O15S/c69-68(70)32-54(33-72)86(44-68)66(99)57-30-49(64(97)76-57)31-59(88)84-34-47-6-4-7-48(55(47)38-84)35-85-36-52(78-79-85)43-101-28-27-100-26-19-74-65(98)56(8-1-2-18-73-58(87)9-3-5-45-10-14-50(71)15-11-45)77-67(102)75-51-16-12-46(13-17-51)29-53-37-82(41-62(93)94)23-22-80(39-60(89)90)20-21-81(40-61(91)92)24-25-83(53)42-63(95)96/h4,6-7,10-17,36,49,53-54,56-57H,1-3,5,8-9,18-32,34-35,37-44H2,(H,73,87)(H,74,98)(H,76,97)(H,89,90)(H,91,92)(H,93,94)(H,95,96)(H2,75,77,102)/t49-,53?,54-,56+,57-/m0/s1. The van der Waals surface area contributed by atoms with E-state index in [1.807, 2.05) is 30.3 Å². The third-order valence-electron chi connectivity index (χ3n) is 18.0. The van der Waals surface area contributed by atoms with Crippen LogP contribution in [0, 0.1) is 20.8 Å². The molecule has 0 bridgehead atoms. The second-order valence-corrected chi connectivity index (χ2v) is 27.6. The van der Waals surface area contributed by atoms with Crippen molar-refractivity contribution in [3.63, 3.8) is 0 Å². The number of rotatable bonds is 35. The number of carbonyl (C=O) groups excluding carboxylic acids is 5. The number of aliphatic carboxylic acids is 4. The molecule has 1 aromatic heterocycles. The number of carboxylic acid groups (broad SMARTS) is 4. The Bertz CT molecular complexity index is 3610. The van der Waals surface area contributed by atoms with Crippen molar-refractivity contribution in [1.82, 2.24) is 65.7 Å². The Labute approximate surface area is 607 Å². The van der Waals surface area contributed by atoms with Gasteiger partial charge in [-0.2, -0.15) is 5.26 Å². The number of amides is 5. The molecule has 1 unspecified atom stereocenters. The number of benzene rings is 3. The van der Waals surface area contributed by atoms with Gasteiger partial charge in [0, 0.05) is 112 Å². The molecule has 30 nitrogen and oxygen atoms in total. The Kier molecular flexibility index (Phi) is 30.5. The fourth-order valence-electron chi connectivity index (χ4n) is 12.9. The summed E-state index contributed by atoms with van der Waals surface area (Å²) in [5.41, 5.74) is 5.78. The van der Waals surface area contributed by atoms with E-state index in [1.54, 1.807) is 65.7 Å². The van der Waals surface area contributed by atoms with E-state index in [4.69, 9.17) is 21.7 Å². The number of anilines is 1. The van der Waals surface area contributed by atoms with Gasteiger partial charge < -0.3 is 66.3 Å². The summed E-state index contributed by atoms with van der Waals surface area (Å²) < 4.78 is 42.6. The number of nitrogens with zero attached hydrogens (tertiary/aromatic N) is 10. The maximum atomic E-state index is 14.1. The first kappa shape index (κ1) is 79.3. The van der Waals surface area contributed by atoms with Crippen LogP contribution < -0.4 is 26.6 Å². The Morgan fingerprint density at radius 3 is 2.15 bits per heavy atom. The summed E-state index contributed by atoms with van der Waals surface area (Å²) in [6.07, 6.45) is 4.33. The lowest BCUT2D eigenvalue weighted by Gasteiger charge is -2.37. The van der Waals surface area contributed by atoms with Crippen molar-refractivity contribution in [3.05, 3.63) is 110 Å². The van der Waals surface area contributed by atoms with Crippen molar-refractivity contribution >= 4 is 99.0 Å². The van der Waals surface area contributed by atoms with E-state index >= 15 is 0 Å². The largest absolute Gasteiger partial charge is 0.480 e. The molecule has 102 heavy (non-hydrogen) atoms. The molecular weight excluding hydrogens is 1460 g/mol. The molecule has 4 aliphatic rings. The average molecular weight is 1550 g/mol. The number of aromatic nitrogens is 3. The minimum atomic E-state index is -3.21. The van der Waals surface area contributed by atoms with Gasteiger partial charge in [-0.15, -0.1) is 5.10 Å². The second kappa shape index (κ2) is 39.3. The molecule has 9 N–H and O–H groups in total. The topological polar surface area (TPSA) is 387 Å². The predicted octanol–water partition coefficient (Wildman–Crippen LogP) is 2.21. The summed E-state index contributed by atoms with van der Waals surface area (Å²) in [7, 11) is 0. The molecule has 0 radical (unpaired) electrons. The fourth-order valence-corrected chi connectivity index (χ4v) is 13.5. The van der Waals surface area contributed by atoms with Crippen molar-refractivity contribution in [3.8, 4) is 6.07 Å². The lowest BCUT2D eigenvalue weighted by atomic mass is 9.99. The summed E-state index contributed by atoms with van der Waals surface area (Å²) >= 11 is 8.00. The molecule has 8 rings (SSSR count). The molecule has 5 amide bonds. The number of aryl methyl sites for hydroxylation is 1. The minimum absolute atomic E-state index is 0.0515. The second-order valence-electron chi connectivity index (χ2n) is 25.9. The summed E-state index contributed by atoms with van der Waals surface area (Å²) in [5.74, 6) is -10.5. The Balaban J connectivity index is 0.794. The number of unbranched alkanes of at least 4 members (excludes halogenated alkanes) is 1. The zero-order chi connectivity index (χ0) is 73.3. The first-order chi connectivity index (χ1) is 48.8. The van der Waals surface area contributed by atoms with Crippen LogP contribution in [0.25, 0.3) is 0 Å². The van der Waals surface area contributed by atoms with Gasteiger partial charge in [-0.3, -0.25) is 62.8 Å². The molecule has 4 aromatic rings. The van der Waals surface area contributed by atoms with Gasteiger partial charge in [0.2, 0.25) is 29.5 Å². The van der Waals surface area contributed by atoms with Gasteiger partial charge in [-0.05, 0) is 132 Å². The quantitative estimate of drug-likeness (QED) is 0.0181. The van der Waals surface area contributed by atoms with Crippen molar-refractivity contribution in [2.45, 2.75) is 121 Å². The number of hydrogen-bond donors (Lipinski definition) is 9. The van der Waals surface area contributed by atoms with Gasteiger partial charge in [-0.25, -0.2) is 13.5 Å². The maximum absolute atomic E-state index is 14.1. The van der Waals surface area contributed by atoms with Gasteiger partial charge in [0.25, 0.3) is 5.92 Å². The van der Waals surface area contributed by atoms with Gasteiger partial charge in [0.05, 0.1) is 78.0 Å². The molecule has 34 heteroatoms. The monoisotopic (exact) mass is 1550 g/mol. The number of ether oxygens (including phenoxy) is 2. The number of carbonyl (C=O) groups is 9. The number of hydrogen-bond acceptors (Lipinski definition) is 19. The SMILES string of the molecule is N#C[C@@H]1CC(F)(F)CN1C(=O)[C@@H]1C[C@@H](CC(=O)N2Cc3cccc(Cn4cc(COCCOCCNC(=O)[C@@H](CCCCNC(=O)CCCc5ccc(I)cc5)NC(=S)Nc5ccc(CC6CN(CC(=O)O)CCN(CC(=O)O)CCN(CC(=O)O)CCN6CC(=O)O)cc5)nn4)c3C2)C(=O)N1. The fraction of sp³-hybridized carbons (Fsp3) is 0.544. The van der Waals surface area contributed by atoms with Crippen molar-refractivity contribution < 1.29 is 81.8 Å². The van der Waals surface area contributed by atoms with E-state index in [2.05, 4.69) is 71.6 Å². The first-order valence-electron chi connectivity index (χ1n) is 33.9. The van der Waals surface area contributed by atoms with Crippen LogP contribution in [0.2, 0.25) is 0 Å². The van der Waals surface area contributed by atoms with E-state index in [0.29, 0.717) is 63.1 Å². The van der Waals surface area contributed by atoms with Crippen molar-refractivity contribution in [2.75, 3.05) is 117 Å². The number of likely N-dealkylation sites (tertiary alicyclic amines) is 1. The molecule has 5 atom stereocenters. The lowest BCUT2D eigenvalue weighted by molar-refractivity contribution is -0.142. The molecule has 0 saturated carbocycles. The average Bonchev–Trinajstić information content (AvgIpc) is 1.64.